The molecule has 0 aromatic heterocycles. The summed E-state index contributed by atoms with van der Waals surface area (Å²) in [6.07, 6.45) is 0. The molecular weight excluding hydrogens is 440 g/mol. The number of guanidine groups is 1. The fourth-order valence-electron chi connectivity index (χ4n) is 1.46. The number of rotatable bonds is 6. The molecule has 7 heteroatoms. The number of halogens is 3. The Hall–Kier alpha value is -0.410. The molecule has 0 saturated heterocycles. The maximum Gasteiger partial charge on any atom is 0.191 e. The van der Waals surface area contributed by atoms with Crippen molar-refractivity contribution in [3.8, 4) is 0 Å². The molecule has 4 nitrogen and oxygen atoms in total. The third-order valence-corrected chi connectivity index (χ3v) is 2.91. The second kappa shape index (κ2) is 11.3. The highest BCUT2D eigenvalue weighted by molar-refractivity contribution is 14.0. The quantitative estimate of drug-likeness (QED) is 0.297. The molecule has 1 aromatic rings. The summed E-state index contributed by atoms with van der Waals surface area (Å²) in [4.78, 5) is 4.06. The van der Waals surface area contributed by atoms with Crippen molar-refractivity contribution < 1.29 is 9.13 Å². The maximum absolute atomic E-state index is 13.5. The lowest BCUT2D eigenvalue weighted by Gasteiger charge is -2.12. The van der Waals surface area contributed by atoms with Gasteiger partial charge >= 0.3 is 0 Å². The zero-order valence-corrected chi connectivity index (χ0v) is 15.5. The van der Waals surface area contributed by atoms with Crippen LogP contribution in [-0.2, 0) is 11.3 Å². The Bertz CT molecular complexity index is 432. The lowest BCUT2D eigenvalue weighted by Crippen LogP contribution is -2.38. The highest BCUT2D eigenvalue weighted by atomic mass is 127. The molecule has 0 bridgehead atoms. The molecule has 0 heterocycles. The van der Waals surface area contributed by atoms with E-state index in [1.165, 1.54) is 6.07 Å². The molecule has 0 aliphatic rings. The topological polar surface area (TPSA) is 45.6 Å². The van der Waals surface area contributed by atoms with Crippen molar-refractivity contribution >= 4 is 45.9 Å². The summed E-state index contributed by atoms with van der Waals surface area (Å²) >= 11 is 3.32. The summed E-state index contributed by atoms with van der Waals surface area (Å²) in [6, 6.07) is 4.86. The van der Waals surface area contributed by atoms with Gasteiger partial charge in [0.15, 0.2) is 5.96 Å². The van der Waals surface area contributed by atoms with Crippen molar-refractivity contribution in [3.63, 3.8) is 0 Å². The van der Waals surface area contributed by atoms with Gasteiger partial charge in [-0.05, 0) is 25.1 Å². The fraction of sp³-hybridized carbons (Fsp3) is 0.462. The van der Waals surface area contributed by atoms with Gasteiger partial charge in [-0.15, -0.1) is 24.0 Å². The van der Waals surface area contributed by atoms with Gasteiger partial charge < -0.3 is 15.4 Å². The zero-order valence-electron chi connectivity index (χ0n) is 11.6. The predicted molar refractivity (Wildman–Crippen MR) is 94.2 cm³/mol. The highest BCUT2D eigenvalue weighted by Crippen LogP contribution is 2.15. The van der Waals surface area contributed by atoms with Crippen LogP contribution in [0.4, 0.5) is 4.39 Å². The minimum absolute atomic E-state index is 0. The fourth-order valence-corrected chi connectivity index (χ4v) is 1.87. The van der Waals surface area contributed by atoms with E-state index in [0.717, 1.165) is 4.47 Å². The van der Waals surface area contributed by atoms with Crippen molar-refractivity contribution in [1.82, 2.24) is 10.6 Å². The number of ether oxygens (including phenoxy) is 1. The Morgan fingerprint density at radius 2 is 2.15 bits per heavy atom. The van der Waals surface area contributed by atoms with Crippen LogP contribution in [0.2, 0.25) is 0 Å². The first-order valence-corrected chi connectivity index (χ1v) is 6.92. The van der Waals surface area contributed by atoms with Crippen molar-refractivity contribution in [2.75, 3.05) is 26.8 Å². The smallest absolute Gasteiger partial charge is 0.191 e. The van der Waals surface area contributed by atoms with Gasteiger partial charge in [0.2, 0.25) is 0 Å². The second-order valence-electron chi connectivity index (χ2n) is 3.79. The third kappa shape index (κ3) is 7.39. The van der Waals surface area contributed by atoms with Gasteiger partial charge in [-0.2, -0.15) is 0 Å². The van der Waals surface area contributed by atoms with Gasteiger partial charge in [0.05, 0.1) is 6.61 Å². The molecule has 0 spiro atoms. The average Bonchev–Trinajstić information content (AvgIpc) is 2.41. The number of nitrogens with zero attached hydrogens (tertiary/aromatic N) is 1. The second-order valence-corrected chi connectivity index (χ2v) is 4.70. The molecule has 0 fully saturated rings. The number of benzene rings is 1. The first-order valence-electron chi connectivity index (χ1n) is 6.13. The van der Waals surface area contributed by atoms with E-state index in [1.54, 1.807) is 19.2 Å². The molecule has 0 aliphatic carbocycles. The van der Waals surface area contributed by atoms with Crippen LogP contribution < -0.4 is 10.6 Å². The average molecular weight is 460 g/mol. The van der Waals surface area contributed by atoms with Crippen molar-refractivity contribution in [1.29, 1.82) is 0 Å². The van der Waals surface area contributed by atoms with Gasteiger partial charge in [-0.1, -0.05) is 15.9 Å². The highest BCUT2D eigenvalue weighted by Gasteiger charge is 2.04. The summed E-state index contributed by atoms with van der Waals surface area (Å²) in [5.41, 5.74) is 0.585. The summed E-state index contributed by atoms with van der Waals surface area (Å²) in [7, 11) is 1.67. The van der Waals surface area contributed by atoms with Crippen LogP contribution in [0, 0.1) is 5.82 Å². The Kier molecular flexibility index (Phi) is 11.0. The molecule has 0 radical (unpaired) electrons. The standard InChI is InChI=1S/C13H19BrFN3O.HI/c1-3-19-7-6-17-13(16-2)18-9-10-8-11(14)4-5-12(10)15;/h4-5,8H,3,6-7,9H2,1-2H3,(H2,16,17,18);1H. The first-order chi connectivity index (χ1) is 9.17. The molecule has 0 atom stereocenters. The molecule has 20 heavy (non-hydrogen) atoms. The number of aliphatic imine (C=N–C) groups is 1. The molecule has 0 unspecified atom stereocenters. The lowest BCUT2D eigenvalue weighted by molar-refractivity contribution is 0.152. The minimum atomic E-state index is -0.236. The van der Waals surface area contributed by atoms with Crippen LogP contribution in [0.15, 0.2) is 27.7 Å². The minimum Gasteiger partial charge on any atom is -0.380 e. The SMILES string of the molecule is CCOCCNC(=NC)NCc1cc(Br)ccc1F.I. The van der Waals surface area contributed by atoms with E-state index in [2.05, 4.69) is 31.6 Å². The summed E-state index contributed by atoms with van der Waals surface area (Å²) in [6.45, 7) is 4.29. The van der Waals surface area contributed by atoms with E-state index in [-0.39, 0.29) is 29.8 Å². The largest absolute Gasteiger partial charge is 0.380 e. The third-order valence-electron chi connectivity index (χ3n) is 2.42. The van der Waals surface area contributed by atoms with Crippen molar-refractivity contribution in [3.05, 3.63) is 34.1 Å². The monoisotopic (exact) mass is 459 g/mol. The van der Waals surface area contributed by atoms with E-state index in [0.29, 0.717) is 37.8 Å². The molecule has 1 aromatic carbocycles. The van der Waals surface area contributed by atoms with Gasteiger partial charge in [0.25, 0.3) is 0 Å². The van der Waals surface area contributed by atoms with E-state index in [1.807, 2.05) is 6.92 Å². The predicted octanol–water partition coefficient (Wildman–Crippen LogP) is 2.91. The Morgan fingerprint density at radius 3 is 2.80 bits per heavy atom. The molecular formula is C13H20BrFIN3O. The molecule has 0 amide bonds. The van der Waals surface area contributed by atoms with Crippen LogP contribution >= 0.6 is 39.9 Å². The van der Waals surface area contributed by atoms with E-state index in [9.17, 15) is 4.39 Å². The summed E-state index contributed by atoms with van der Waals surface area (Å²) < 4.78 is 19.6. The van der Waals surface area contributed by atoms with Crippen LogP contribution in [0.3, 0.4) is 0 Å². The van der Waals surface area contributed by atoms with E-state index >= 15 is 0 Å². The maximum atomic E-state index is 13.5. The van der Waals surface area contributed by atoms with E-state index < -0.39 is 0 Å². The van der Waals surface area contributed by atoms with Gasteiger partial charge in [0.1, 0.15) is 5.82 Å². The molecule has 0 saturated carbocycles. The van der Waals surface area contributed by atoms with Gasteiger partial charge in [-0.25, -0.2) is 4.39 Å². The molecule has 1 rings (SSSR count). The Morgan fingerprint density at radius 1 is 1.40 bits per heavy atom. The lowest BCUT2D eigenvalue weighted by atomic mass is 10.2. The van der Waals surface area contributed by atoms with Gasteiger partial charge in [0, 0.05) is 36.8 Å². The Balaban J connectivity index is 0.00000361. The number of nitrogens with one attached hydrogen (secondary N) is 2. The zero-order chi connectivity index (χ0) is 14.1. The number of hydrogen-bond donors (Lipinski definition) is 2. The Labute approximate surface area is 144 Å². The first kappa shape index (κ1) is 19.6. The van der Waals surface area contributed by atoms with Crippen molar-refractivity contribution in [2.45, 2.75) is 13.5 Å². The summed E-state index contributed by atoms with van der Waals surface area (Å²) in [5, 5.41) is 6.14. The summed E-state index contributed by atoms with van der Waals surface area (Å²) in [5.74, 6) is 0.388. The number of hydrogen-bond acceptors (Lipinski definition) is 2. The normalized spacial score (nSPS) is 10.9. The molecule has 2 N–H and O–H groups in total. The van der Waals surface area contributed by atoms with Crippen LogP contribution in [0.25, 0.3) is 0 Å². The van der Waals surface area contributed by atoms with Crippen molar-refractivity contribution in [2.24, 2.45) is 4.99 Å². The van der Waals surface area contributed by atoms with Gasteiger partial charge in [-0.3, -0.25) is 4.99 Å². The van der Waals surface area contributed by atoms with Crippen LogP contribution in [-0.4, -0.2) is 32.8 Å². The van der Waals surface area contributed by atoms with Crippen LogP contribution in [0.1, 0.15) is 12.5 Å². The van der Waals surface area contributed by atoms with Crippen LogP contribution in [0.5, 0.6) is 0 Å². The molecule has 114 valence electrons. The van der Waals surface area contributed by atoms with E-state index in [4.69, 9.17) is 4.74 Å². The molecule has 0 aliphatic heterocycles.